The van der Waals surface area contributed by atoms with Crippen molar-refractivity contribution in [1.82, 2.24) is 16.0 Å². The zero-order chi connectivity index (χ0) is 18.9. The maximum atomic E-state index is 12.1. The van der Waals surface area contributed by atoms with Crippen molar-refractivity contribution in [3.05, 3.63) is 56.7 Å². The first-order valence-electron chi connectivity index (χ1n) is 8.55. The van der Waals surface area contributed by atoms with Crippen molar-refractivity contribution in [3.63, 3.8) is 0 Å². The van der Waals surface area contributed by atoms with Crippen molar-refractivity contribution < 1.29 is 4.79 Å². The number of amides is 1. The molecule has 0 saturated carbocycles. The Balaban J connectivity index is 1.71. The quantitative estimate of drug-likeness (QED) is 0.385. The lowest BCUT2D eigenvalue weighted by atomic mass is 10.2. The predicted molar refractivity (Wildman–Crippen MR) is 111 cm³/mol. The number of aliphatic imine (C=N–C) groups is 1. The summed E-state index contributed by atoms with van der Waals surface area (Å²) >= 11 is 7.84. The molecule has 1 atom stereocenters. The number of halogens is 1. The van der Waals surface area contributed by atoms with E-state index < -0.39 is 0 Å². The highest BCUT2D eigenvalue weighted by molar-refractivity contribution is 7.11. The van der Waals surface area contributed by atoms with Crippen LogP contribution in [0.15, 0.2) is 41.4 Å². The van der Waals surface area contributed by atoms with Crippen molar-refractivity contribution in [2.24, 2.45) is 4.99 Å². The van der Waals surface area contributed by atoms with Crippen molar-refractivity contribution in [2.75, 3.05) is 20.1 Å². The Kier molecular flexibility index (Phi) is 7.94. The van der Waals surface area contributed by atoms with Gasteiger partial charge >= 0.3 is 0 Å². The van der Waals surface area contributed by atoms with Crippen molar-refractivity contribution >= 4 is 34.8 Å². The Labute approximate surface area is 163 Å². The molecule has 0 spiro atoms. The predicted octanol–water partition coefficient (Wildman–Crippen LogP) is 3.24. The molecule has 0 bridgehead atoms. The van der Waals surface area contributed by atoms with Crippen LogP contribution in [-0.4, -0.2) is 38.0 Å². The van der Waals surface area contributed by atoms with Crippen LogP contribution in [0.5, 0.6) is 0 Å². The maximum absolute atomic E-state index is 12.1. The molecule has 1 unspecified atom stereocenters. The van der Waals surface area contributed by atoms with Crippen LogP contribution in [0.1, 0.15) is 27.0 Å². The molecule has 140 valence electrons. The molecule has 7 heteroatoms. The van der Waals surface area contributed by atoms with Gasteiger partial charge in [-0.1, -0.05) is 23.7 Å². The minimum atomic E-state index is -0.179. The Bertz CT molecular complexity index is 760. The van der Waals surface area contributed by atoms with E-state index in [4.69, 9.17) is 11.6 Å². The molecule has 0 aliphatic rings. The van der Waals surface area contributed by atoms with Crippen LogP contribution < -0.4 is 16.0 Å². The number of benzene rings is 1. The maximum Gasteiger partial charge on any atom is 0.252 e. The minimum Gasteiger partial charge on any atom is -0.355 e. The van der Waals surface area contributed by atoms with Gasteiger partial charge in [0, 0.05) is 42.4 Å². The highest BCUT2D eigenvalue weighted by Crippen LogP contribution is 2.16. The number of carbonyl (C=O) groups is 1. The van der Waals surface area contributed by atoms with Crippen LogP contribution in [0.25, 0.3) is 0 Å². The third-order valence-corrected chi connectivity index (χ3v) is 5.08. The zero-order valence-corrected chi connectivity index (χ0v) is 16.9. The monoisotopic (exact) mass is 392 g/mol. The molecular weight excluding hydrogens is 368 g/mol. The topological polar surface area (TPSA) is 65.5 Å². The lowest BCUT2D eigenvalue weighted by Gasteiger charge is -2.17. The third kappa shape index (κ3) is 6.35. The molecule has 2 aromatic rings. The van der Waals surface area contributed by atoms with Crippen LogP contribution in [0.4, 0.5) is 0 Å². The van der Waals surface area contributed by atoms with Crippen LogP contribution in [-0.2, 0) is 6.42 Å². The molecule has 5 nitrogen and oxygen atoms in total. The number of carbonyl (C=O) groups excluding carboxylic acids is 1. The van der Waals surface area contributed by atoms with E-state index in [2.05, 4.69) is 46.9 Å². The summed E-state index contributed by atoms with van der Waals surface area (Å²) in [4.78, 5) is 19.0. The van der Waals surface area contributed by atoms with Gasteiger partial charge in [0.1, 0.15) is 0 Å². The Morgan fingerprint density at radius 1 is 1.19 bits per heavy atom. The number of guanidine groups is 1. The zero-order valence-electron chi connectivity index (χ0n) is 15.3. The highest BCUT2D eigenvalue weighted by atomic mass is 35.5. The molecule has 1 amide bonds. The molecule has 2 rings (SSSR count). The molecule has 0 fully saturated rings. The van der Waals surface area contributed by atoms with E-state index >= 15 is 0 Å². The van der Waals surface area contributed by atoms with E-state index in [1.807, 2.05) is 11.3 Å². The molecule has 0 aliphatic heterocycles. The number of thiophene rings is 1. The fraction of sp³-hybridized carbons (Fsp3) is 0.368. The van der Waals surface area contributed by atoms with E-state index in [1.165, 1.54) is 9.75 Å². The first-order valence-corrected chi connectivity index (χ1v) is 9.74. The number of nitrogens with one attached hydrogen (secondary N) is 3. The van der Waals surface area contributed by atoms with Gasteiger partial charge < -0.3 is 16.0 Å². The van der Waals surface area contributed by atoms with E-state index in [9.17, 15) is 4.79 Å². The molecule has 3 N–H and O–H groups in total. The highest BCUT2D eigenvalue weighted by Gasteiger charge is 2.10. The average molecular weight is 393 g/mol. The summed E-state index contributed by atoms with van der Waals surface area (Å²) in [5.41, 5.74) is 0.483. The van der Waals surface area contributed by atoms with Crippen LogP contribution in [0, 0.1) is 6.92 Å². The lowest BCUT2D eigenvalue weighted by molar-refractivity contribution is 0.0954. The Hall–Kier alpha value is -2.05. The van der Waals surface area contributed by atoms with Gasteiger partial charge in [0.2, 0.25) is 0 Å². The van der Waals surface area contributed by atoms with Gasteiger partial charge in [-0.25, -0.2) is 0 Å². The fourth-order valence-corrected chi connectivity index (χ4v) is 3.71. The molecule has 1 heterocycles. The van der Waals surface area contributed by atoms with E-state index in [1.54, 1.807) is 31.3 Å². The summed E-state index contributed by atoms with van der Waals surface area (Å²) in [5, 5.41) is 9.87. The third-order valence-electron chi connectivity index (χ3n) is 3.73. The average Bonchev–Trinajstić information content (AvgIpc) is 3.02. The smallest absolute Gasteiger partial charge is 0.252 e. The molecule has 26 heavy (non-hydrogen) atoms. The van der Waals surface area contributed by atoms with Gasteiger partial charge in [0.25, 0.3) is 5.91 Å². The molecule has 0 aliphatic carbocycles. The molecular formula is C19H25ClN4OS. The second-order valence-electron chi connectivity index (χ2n) is 6.00. The molecule has 0 saturated heterocycles. The van der Waals surface area contributed by atoms with E-state index in [0.717, 1.165) is 12.4 Å². The lowest BCUT2D eigenvalue weighted by Crippen LogP contribution is -2.45. The van der Waals surface area contributed by atoms with Gasteiger partial charge in [0.15, 0.2) is 5.96 Å². The summed E-state index contributed by atoms with van der Waals surface area (Å²) in [6, 6.07) is 11.6. The minimum absolute atomic E-state index is 0.179. The van der Waals surface area contributed by atoms with Crippen molar-refractivity contribution in [2.45, 2.75) is 26.3 Å². The van der Waals surface area contributed by atoms with Gasteiger partial charge in [0.05, 0.1) is 10.6 Å². The van der Waals surface area contributed by atoms with E-state index in [0.29, 0.717) is 23.7 Å². The Morgan fingerprint density at radius 2 is 1.92 bits per heavy atom. The number of rotatable bonds is 7. The number of aryl methyl sites for hydroxylation is 1. The van der Waals surface area contributed by atoms with Gasteiger partial charge in [-0.3, -0.25) is 9.79 Å². The van der Waals surface area contributed by atoms with Crippen LogP contribution in [0.2, 0.25) is 5.02 Å². The fourth-order valence-electron chi connectivity index (χ4n) is 2.47. The van der Waals surface area contributed by atoms with Crippen molar-refractivity contribution in [1.29, 1.82) is 0 Å². The van der Waals surface area contributed by atoms with Crippen LogP contribution >= 0.6 is 22.9 Å². The first kappa shape index (κ1) is 20.3. The normalized spacial score (nSPS) is 12.5. The molecule has 1 aromatic carbocycles. The second kappa shape index (κ2) is 10.2. The Morgan fingerprint density at radius 3 is 2.58 bits per heavy atom. The van der Waals surface area contributed by atoms with Gasteiger partial charge in [-0.15, -0.1) is 11.3 Å². The largest absolute Gasteiger partial charge is 0.355 e. The SMILES string of the molecule is CN=C(NCCNC(=O)c1ccccc1Cl)NC(C)Cc1ccc(C)s1. The summed E-state index contributed by atoms with van der Waals surface area (Å²) < 4.78 is 0. The standard InChI is InChI=1S/C19H25ClN4OS/c1-13(12-15-9-8-14(2)26-15)24-19(21-3)23-11-10-22-18(25)16-6-4-5-7-17(16)20/h4-9,13H,10-12H2,1-3H3,(H,22,25)(H2,21,23,24). The number of hydrogen-bond donors (Lipinski definition) is 3. The summed E-state index contributed by atoms with van der Waals surface area (Å²) in [6.07, 6.45) is 0.947. The number of nitrogens with zero attached hydrogens (tertiary/aromatic N) is 1. The first-order chi connectivity index (χ1) is 12.5. The van der Waals surface area contributed by atoms with E-state index in [-0.39, 0.29) is 11.9 Å². The summed E-state index contributed by atoms with van der Waals surface area (Å²) in [7, 11) is 1.74. The molecule has 1 aromatic heterocycles. The van der Waals surface area contributed by atoms with Crippen molar-refractivity contribution in [3.8, 4) is 0 Å². The van der Waals surface area contributed by atoms with Crippen LogP contribution in [0.3, 0.4) is 0 Å². The summed E-state index contributed by atoms with van der Waals surface area (Å²) in [5.74, 6) is 0.541. The van der Waals surface area contributed by atoms with Gasteiger partial charge in [-0.05, 0) is 38.1 Å². The molecule has 0 radical (unpaired) electrons. The van der Waals surface area contributed by atoms with Gasteiger partial charge in [-0.2, -0.15) is 0 Å². The second-order valence-corrected chi connectivity index (χ2v) is 7.78. The summed E-state index contributed by atoms with van der Waals surface area (Å²) in [6.45, 7) is 5.29. The number of hydrogen-bond acceptors (Lipinski definition) is 3.